The second-order valence-corrected chi connectivity index (χ2v) is 7.68. The summed E-state index contributed by atoms with van der Waals surface area (Å²) < 4.78 is 11.9. The molecule has 3 atom stereocenters. The SMILES string of the molecule is CC(OCCC1CCCCC1)Oc1ccc2c(c1)CC(C)C2C. The standard InChI is InChI=1S/C21H32O2/c1-15-13-19-14-20(9-10-21(19)16(15)2)23-17(3)22-12-11-18-7-5-4-6-8-18/h9-10,14-18H,4-8,11-13H2,1-3H3. The van der Waals surface area contributed by atoms with Gasteiger partial charge in [0, 0.05) is 0 Å². The van der Waals surface area contributed by atoms with Crippen LogP contribution in [0.5, 0.6) is 5.75 Å². The molecule has 1 aromatic rings. The molecule has 0 heterocycles. The van der Waals surface area contributed by atoms with Gasteiger partial charge in [-0.15, -0.1) is 0 Å². The van der Waals surface area contributed by atoms with Gasteiger partial charge in [0.2, 0.25) is 0 Å². The van der Waals surface area contributed by atoms with Crippen molar-refractivity contribution in [3.63, 3.8) is 0 Å². The Kier molecular flexibility index (Phi) is 5.63. The Bertz CT molecular complexity index is 505. The van der Waals surface area contributed by atoms with Crippen LogP contribution in [0.3, 0.4) is 0 Å². The Morgan fingerprint density at radius 2 is 1.91 bits per heavy atom. The predicted octanol–water partition coefficient (Wildman–Crippen LogP) is 5.69. The molecule has 2 aliphatic rings. The lowest BCUT2D eigenvalue weighted by molar-refractivity contribution is -0.0711. The zero-order chi connectivity index (χ0) is 16.2. The fraction of sp³-hybridized carbons (Fsp3) is 0.714. The maximum absolute atomic E-state index is 5.98. The summed E-state index contributed by atoms with van der Waals surface area (Å²) in [7, 11) is 0. The van der Waals surface area contributed by atoms with Crippen LogP contribution in [0.15, 0.2) is 18.2 Å². The molecule has 23 heavy (non-hydrogen) atoms. The maximum atomic E-state index is 5.98. The first-order valence-corrected chi connectivity index (χ1v) is 9.54. The average molecular weight is 316 g/mol. The van der Waals surface area contributed by atoms with E-state index in [0.29, 0.717) is 5.92 Å². The summed E-state index contributed by atoms with van der Waals surface area (Å²) in [5.74, 6) is 3.24. The number of ether oxygens (including phenoxy) is 2. The second kappa shape index (κ2) is 7.70. The largest absolute Gasteiger partial charge is 0.465 e. The van der Waals surface area contributed by atoms with Gasteiger partial charge in [0.25, 0.3) is 0 Å². The molecule has 0 spiro atoms. The molecule has 0 aromatic heterocycles. The molecule has 2 aliphatic carbocycles. The molecular weight excluding hydrogens is 284 g/mol. The Hall–Kier alpha value is -1.02. The molecule has 1 fully saturated rings. The van der Waals surface area contributed by atoms with E-state index in [1.807, 2.05) is 6.92 Å². The van der Waals surface area contributed by atoms with Crippen molar-refractivity contribution in [3.05, 3.63) is 29.3 Å². The second-order valence-electron chi connectivity index (χ2n) is 7.68. The molecule has 0 saturated heterocycles. The van der Waals surface area contributed by atoms with Crippen LogP contribution in [0.1, 0.15) is 76.3 Å². The minimum absolute atomic E-state index is 0.159. The maximum Gasteiger partial charge on any atom is 0.196 e. The van der Waals surface area contributed by atoms with E-state index in [1.54, 1.807) is 0 Å². The van der Waals surface area contributed by atoms with E-state index in [9.17, 15) is 0 Å². The molecule has 0 aliphatic heterocycles. The molecule has 1 aromatic carbocycles. The van der Waals surface area contributed by atoms with Crippen LogP contribution < -0.4 is 4.74 Å². The Balaban J connectivity index is 1.45. The quantitative estimate of drug-likeness (QED) is 0.627. The Morgan fingerprint density at radius 3 is 2.70 bits per heavy atom. The van der Waals surface area contributed by atoms with Crippen LogP contribution in [-0.4, -0.2) is 12.9 Å². The summed E-state index contributed by atoms with van der Waals surface area (Å²) in [6, 6.07) is 6.57. The number of rotatable bonds is 6. The topological polar surface area (TPSA) is 18.5 Å². The zero-order valence-corrected chi connectivity index (χ0v) is 15.0. The summed E-state index contributed by atoms with van der Waals surface area (Å²) >= 11 is 0. The molecule has 128 valence electrons. The van der Waals surface area contributed by atoms with Crippen LogP contribution in [-0.2, 0) is 11.2 Å². The minimum Gasteiger partial charge on any atom is -0.465 e. The zero-order valence-electron chi connectivity index (χ0n) is 15.0. The lowest BCUT2D eigenvalue weighted by atomic mass is 9.87. The molecule has 0 bridgehead atoms. The van der Waals surface area contributed by atoms with Crippen LogP contribution in [0, 0.1) is 11.8 Å². The highest BCUT2D eigenvalue weighted by atomic mass is 16.7. The van der Waals surface area contributed by atoms with Crippen molar-refractivity contribution in [2.75, 3.05) is 6.61 Å². The van der Waals surface area contributed by atoms with E-state index in [0.717, 1.165) is 24.2 Å². The van der Waals surface area contributed by atoms with Crippen LogP contribution in [0.25, 0.3) is 0 Å². The van der Waals surface area contributed by atoms with E-state index in [-0.39, 0.29) is 6.29 Å². The van der Waals surface area contributed by atoms with Crippen molar-refractivity contribution in [1.82, 2.24) is 0 Å². The average Bonchev–Trinajstić information content (AvgIpc) is 2.82. The smallest absolute Gasteiger partial charge is 0.196 e. The van der Waals surface area contributed by atoms with Gasteiger partial charge in [0.1, 0.15) is 5.75 Å². The molecule has 0 N–H and O–H groups in total. The van der Waals surface area contributed by atoms with Crippen molar-refractivity contribution < 1.29 is 9.47 Å². The third kappa shape index (κ3) is 4.29. The molecule has 2 nitrogen and oxygen atoms in total. The molecule has 3 rings (SSSR count). The van der Waals surface area contributed by atoms with Crippen molar-refractivity contribution in [3.8, 4) is 5.75 Å². The summed E-state index contributed by atoms with van der Waals surface area (Å²) in [6.45, 7) is 7.50. The van der Waals surface area contributed by atoms with Gasteiger partial charge in [-0.05, 0) is 60.8 Å². The highest BCUT2D eigenvalue weighted by molar-refractivity contribution is 5.41. The number of benzene rings is 1. The first-order valence-electron chi connectivity index (χ1n) is 9.54. The fourth-order valence-corrected chi connectivity index (χ4v) is 4.21. The highest BCUT2D eigenvalue weighted by Gasteiger charge is 2.26. The van der Waals surface area contributed by atoms with Gasteiger partial charge in [-0.2, -0.15) is 0 Å². The Labute approximate surface area is 141 Å². The highest BCUT2D eigenvalue weighted by Crippen LogP contribution is 2.38. The summed E-state index contributed by atoms with van der Waals surface area (Å²) in [6.07, 6.45) is 9.21. The van der Waals surface area contributed by atoms with Crippen molar-refractivity contribution in [2.45, 2.75) is 77.9 Å². The third-order valence-corrected chi connectivity index (χ3v) is 5.91. The monoisotopic (exact) mass is 316 g/mol. The van der Waals surface area contributed by atoms with Crippen molar-refractivity contribution in [2.24, 2.45) is 11.8 Å². The van der Waals surface area contributed by atoms with Gasteiger partial charge in [0.05, 0.1) is 6.61 Å². The van der Waals surface area contributed by atoms with Crippen LogP contribution >= 0.6 is 0 Å². The lowest BCUT2D eigenvalue weighted by Crippen LogP contribution is -2.19. The first-order chi connectivity index (χ1) is 11.1. The first kappa shape index (κ1) is 16.8. The summed E-state index contributed by atoms with van der Waals surface area (Å²) in [4.78, 5) is 0. The molecule has 1 saturated carbocycles. The Morgan fingerprint density at radius 1 is 1.13 bits per heavy atom. The van der Waals surface area contributed by atoms with Crippen molar-refractivity contribution in [1.29, 1.82) is 0 Å². The molecular formula is C21H32O2. The van der Waals surface area contributed by atoms with Gasteiger partial charge < -0.3 is 9.47 Å². The molecule has 3 unspecified atom stereocenters. The van der Waals surface area contributed by atoms with Gasteiger partial charge >= 0.3 is 0 Å². The summed E-state index contributed by atoms with van der Waals surface area (Å²) in [5, 5.41) is 0. The van der Waals surface area contributed by atoms with Crippen molar-refractivity contribution >= 4 is 0 Å². The number of hydrogen-bond donors (Lipinski definition) is 0. The fourth-order valence-electron chi connectivity index (χ4n) is 4.21. The summed E-state index contributed by atoms with van der Waals surface area (Å²) in [5.41, 5.74) is 2.95. The normalized spacial score (nSPS) is 26.0. The van der Waals surface area contributed by atoms with E-state index < -0.39 is 0 Å². The number of fused-ring (bicyclic) bond motifs is 1. The minimum atomic E-state index is -0.159. The van der Waals surface area contributed by atoms with E-state index in [2.05, 4.69) is 32.0 Å². The third-order valence-electron chi connectivity index (χ3n) is 5.91. The van der Waals surface area contributed by atoms with Gasteiger partial charge in [-0.3, -0.25) is 0 Å². The lowest BCUT2D eigenvalue weighted by Gasteiger charge is -2.22. The van der Waals surface area contributed by atoms with Crippen LogP contribution in [0.4, 0.5) is 0 Å². The van der Waals surface area contributed by atoms with E-state index in [4.69, 9.17) is 9.47 Å². The molecule has 0 radical (unpaired) electrons. The van der Waals surface area contributed by atoms with Gasteiger partial charge in [-0.1, -0.05) is 52.0 Å². The number of hydrogen-bond acceptors (Lipinski definition) is 2. The van der Waals surface area contributed by atoms with E-state index >= 15 is 0 Å². The molecule has 2 heteroatoms. The molecule has 0 amide bonds. The van der Waals surface area contributed by atoms with Crippen LogP contribution in [0.2, 0.25) is 0 Å². The van der Waals surface area contributed by atoms with Gasteiger partial charge in [0.15, 0.2) is 6.29 Å². The predicted molar refractivity (Wildman–Crippen MR) is 95.0 cm³/mol. The van der Waals surface area contributed by atoms with E-state index in [1.165, 1.54) is 56.1 Å². The van der Waals surface area contributed by atoms with Gasteiger partial charge in [-0.25, -0.2) is 0 Å².